The van der Waals surface area contributed by atoms with Crippen molar-refractivity contribution in [2.24, 2.45) is 0 Å². The van der Waals surface area contributed by atoms with Gasteiger partial charge in [-0.1, -0.05) is 29.8 Å². The van der Waals surface area contributed by atoms with Crippen LogP contribution in [0.3, 0.4) is 0 Å². The minimum atomic E-state index is -0.228. The Bertz CT molecular complexity index is 1790. The van der Waals surface area contributed by atoms with Crippen LogP contribution in [-0.4, -0.2) is 87.4 Å². The molecule has 10 nitrogen and oxygen atoms in total. The van der Waals surface area contributed by atoms with Crippen LogP contribution < -0.4 is 4.74 Å². The lowest BCUT2D eigenvalue weighted by molar-refractivity contribution is -0.134. The fraction of sp³-hybridized carbons (Fsp3) is 0.312. The Morgan fingerprint density at radius 1 is 1.00 bits per heavy atom. The van der Waals surface area contributed by atoms with Crippen molar-refractivity contribution >= 4 is 45.4 Å². The van der Waals surface area contributed by atoms with Crippen LogP contribution in [-0.2, 0) is 9.53 Å². The van der Waals surface area contributed by atoms with Crippen molar-refractivity contribution in [2.45, 2.75) is 18.8 Å². The van der Waals surface area contributed by atoms with Crippen molar-refractivity contribution in [1.29, 1.82) is 0 Å². The minimum Gasteiger partial charge on any atom is -0.457 e. The monoisotopic (exact) mass is 598 g/mol. The summed E-state index contributed by atoms with van der Waals surface area (Å²) in [4.78, 5) is 46.8. The third-order valence-electron chi connectivity index (χ3n) is 8.27. The van der Waals surface area contributed by atoms with Gasteiger partial charge in [-0.2, -0.15) is 0 Å². The molecule has 7 rings (SSSR count). The topological polar surface area (TPSA) is 116 Å². The number of nitrogens with zero attached hydrogens (tertiary/aromatic N) is 4. The summed E-state index contributed by atoms with van der Waals surface area (Å²) in [5.41, 5.74) is 2.85. The highest BCUT2D eigenvalue weighted by Crippen LogP contribution is 2.34. The number of benzene rings is 2. The third kappa shape index (κ3) is 5.61. The molecule has 0 saturated carbocycles. The Labute approximate surface area is 253 Å². The molecule has 2 saturated heterocycles. The fourth-order valence-corrected chi connectivity index (χ4v) is 6.17. The first-order valence-electron chi connectivity index (χ1n) is 14.5. The SMILES string of the molecule is O=C(c1ccc(Oc2ccccc2)cc1Cl)c1c[nH]c2ncc3[nH]c(C4CCN(C(=O)CN5CCOCC5)CC4)nc3c12. The zero-order valence-electron chi connectivity index (χ0n) is 23.5. The number of amides is 1. The standard InChI is InChI=1S/C32H31ClN6O4/c33-25-16-22(43-21-4-2-1-3-5-21)6-7-23(25)30(41)24-17-34-32-28(24)29-26(18-35-32)36-31(37-29)20-8-10-39(11-9-20)27(40)19-38-12-14-42-15-13-38/h1-7,16-18,20H,8-15,19H2,(H,34,35)(H,36,37). The molecule has 43 heavy (non-hydrogen) atoms. The van der Waals surface area contributed by atoms with Crippen molar-refractivity contribution in [2.75, 3.05) is 45.9 Å². The molecule has 2 aliphatic heterocycles. The Morgan fingerprint density at radius 3 is 2.56 bits per heavy atom. The number of para-hydroxylation sites is 1. The molecule has 220 valence electrons. The van der Waals surface area contributed by atoms with E-state index in [2.05, 4.69) is 19.9 Å². The molecule has 0 atom stereocenters. The van der Waals surface area contributed by atoms with Gasteiger partial charge in [0.25, 0.3) is 0 Å². The summed E-state index contributed by atoms with van der Waals surface area (Å²) in [5, 5.41) is 0.953. The Kier molecular flexibility index (Phi) is 7.56. The van der Waals surface area contributed by atoms with Gasteiger partial charge in [-0.05, 0) is 37.1 Å². The summed E-state index contributed by atoms with van der Waals surface area (Å²) in [6, 6.07) is 14.5. The lowest BCUT2D eigenvalue weighted by Gasteiger charge is -2.33. The van der Waals surface area contributed by atoms with E-state index >= 15 is 0 Å². The molecule has 0 unspecified atom stereocenters. The first-order chi connectivity index (χ1) is 21.0. The van der Waals surface area contributed by atoms with Crippen molar-refractivity contribution < 1.29 is 19.1 Å². The minimum absolute atomic E-state index is 0.171. The molecule has 5 aromatic rings. The molecular formula is C32H31ClN6O4. The average Bonchev–Trinajstić information content (AvgIpc) is 3.67. The van der Waals surface area contributed by atoms with Gasteiger partial charge in [0, 0.05) is 49.9 Å². The lowest BCUT2D eigenvalue weighted by Crippen LogP contribution is -2.46. The molecule has 3 aromatic heterocycles. The van der Waals surface area contributed by atoms with Crippen LogP contribution in [0.15, 0.2) is 60.9 Å². The number of rotatable bonds is 7. The van der Waals surface area contributed by atoms with Gasteiger partial charge < -0.3 is 24.3 Å². The summed E-state index contributed by atoms with van der Waals surface area (Å²) < 4.78 is 11.3. The number of aromatic amines is 2. The zero-order valence-corrected chi connectivity index (χ0v) is 24.3. The van der Waals surface area contributed by atoms with Crippen LogP contribution in [0.4, 0.5) is 0 Å². The number of ketones is 1. The van der Waals surface area contributed by atoms with E-state index in [1.807, 2.05) is 35.2 Å². The van der Waals surface area contributed by atoms with Crippen LogP contribution in [0.1, 0.15) is 40.5 Å². The van der Waals surface area contributed by atoms with E-state index in [0.29, 0.717) is 77.0 Å². The molecule has 2 aromatic carbocycles. The number of H-pyrrole nitrogens is 2. The Morgan fingerprint density at radius 2 is 1.79 bits per heavy atom. The van der Waals surface area contributed by atoms with Gasteiger partial charge in [0.2, 0.25) is 5.91 Å². The average molecular weight is 599 g/mol. The maximum absolute atomic E-state index is 13.7. The lowest BCUT2D eigenvalue weighted by atomic mass is 9.96. The maximum Gasteiger partial charge on any atom is 0.236 e. The molecule has 5 heterocycles. The number of aromatic nitrogens is 4. The van der Waals surface area contributed by atoms with E-state index in [0.717, 1.165) is 37.3 Å². The summed E-state index contributed by atoms with van der Waals surface area (Å²) in [7, 11) is 0. The van der Waals surface area contributed by atoms with E-state index in [9.17, 15) is 9.59 Å². The highest BCUT2D eigenvalue weighted by molar-refractivity contribution is 6.36. The highest BCUT2D eigenvalue weighted by Gasteiger charge is 2.28. The molecule has 0 spiro atoms. The number of morpholine rings is 1. The Balaban J connectivity index is 1.09. The van der Waals surface area contributed by atoms with E-state index in [-0.39, 0.29) is 17.6 Å². The predicted octanol–water partition coefficient (Wildman–Crippen LogP) is 5.15. The second kappa shape index (κ2) is 11.8. The predicted molar refractivity (Wildman–Crippen MR) is 163 cm³/mol. The van der Waals surface area contributed by atoms with Crippen molar-refractivity contribution in [3.8, 4) is 11.5 Å². The number of likely N-dealkylation sites (tertiary alicyclic amines) is 1. The molecule has 2 N–H and O–H groups in total. The number of carbonyl (C=O) groups excluding carboxylic acids is 2. The van der Waals surface area contributed by atoms with E-state index in [1.165, 1.54) is 0 Å². The van der Waals surface area contributed by atoms with Gasteiger partial charge >= 0.3 is 0 Å². The van der Waals surface area contributed by atoms with Gasteiger partial charge in [0.15, 0.2) is 5.78 Å². The molecule has 2 aliphatic rings. The summed E-state index contributed by atoms with van der Waals surface area (Å²) in [6.45, 7) is 4.78. The summed E-state index contributed by atoms with van der Waals surface area (Å²) in [6.07, 6.45) is 5.04. The normalized spacial score (nSPS) is 16.6. The molecular weight excluding hydrogens is 568 g/mol. The van der Waals surface area contributed by atoms with Crippen LogP contribution in [0, 0.1) is 0 Å². The van der Waals surface area contributed by atoms with Gasteiger partial charge in [0.05, 0.1) is 47.4 Å². The largest absolute Gasteiger partial charge is 0.457 e. The number of pyridine rings is 1. The first-order valence-corrected chi connectivity index (χ1v) is 14.9. The van der Waals surface area contributed by atoms with Crippen LogP contribution in [0.5, 0.6) is 11.5 Å². The second-order valence-corrected chi connectivity index (χ2v) is 11.4. The van der Waals surface area contributed by atoms with E-state index < -0.39 is 0 Å². The van der Waals surface area contributed by atoms with Gasteiger partial charge in [-0.3, -0.25) is 14.5 Å². The number of hydrogen-bond donors (Lipinski definition) is 2. The van der Waals surface area contributed by atoms with Gasteiger partial charge in [-0.25, -0.2) is 9.97 Å². The van der Waals surface area contributed by atoms with Crippen molar-refractivity contribution in [3.05, 3.63) is 82.9 Å². The summed E-state index contributed by atoms with van der Waals surface area (Å²) >= 11 is 6.59. The van der Waals surface area contributed by atoms with Crippen LogP contribution >= 0.6 is 11.6 Å². The van der Waals surface area contributed by atoms with E-state index in [1.54, 1.807) is 30.6 Å². The van der Waals surface area contributed by atoms with Crippen molar-refractivity contribution in [1.82, 2.24) is 29.7 Å². The number of carbonyl (C=O) groups is 2. The van der Waals surface area contributed by atoms with Gasteiger partial charge in [-0.15, -0.1) is 0 Å². The maximum atomic E-state index is 13.7. The van der Waals surface area contributed by atoms with Crippen molar-refractivity contribution in [3.63, 3.8) is 0 Å². The fourth-order valence-electron chi connectivity index (χ4n) is 5.91. The molecule has 1 amide bonds. The number of nitrogens with one attached hydrogen (secondary N) is 2. The Hall–Kier alpha value is -4.25. The number of imidazole rings is 1. The number of hydrogen-bond acceptors (Lipinski definition) is 7. The number of halogens is 1. The highest BCUT2D eigenvalue weighted by atomic mass is 35.5. The first kappa shape index (κ1) is 27.6. The molecule has 0 bridgehead atoms. The molecule has 0 aliphatic carbocycles. The third-order valence-corrected chi connectivity index (χ3v) is 8.59. The number of ether oxygens (including phenoxy) is 2. The molecule has 11 heteroatoms. The number of piperidine rings is 1. The van der Waals surface area contributed by atoms with Crippen LogP contribution in [0.2, 0.25) is 5.02 Å². The summed E-state index contributed by atoms with van der Waals surface area (Å²) in [5.74, 6) is 2.20. The smallest absolute Gasteiger partial charge is 0.236 e. The zero-order chi connectivity index (χ0) is 29.3. The van der Waals surface area contributed by atoms with Crippen LogP contribution in [0.25, 0.3) is 22.1 Å². The number of fused-ring (bicyclic) bond motifs is 3. The quantitative estimate of drug-likeness (QED) is 0.249. The molecule has 2 fully saturated rings. The van der Waals surface area contributed by atoms with Gasteiger partial charge in [0.1, 0.15) is 28.5 Å². The second-order valence-electron chi connectivity index (χ2n) is 11.0. The van der Waals surface area contributed by atoms with E-state index in [4.69, 9.17) is 26.1 Å². The molecule has 0 radical (unpaired) electrons.